The first-order valence-electron chi connectivity index (χ1n) is 10.5. The smallest absolute Gasteiger partial charge is 0.459 e. The number of rotatable bonds is 7. The summed E-state index contributed by atoms with van der Waals surface area (Å²) in [4.78, 5) is 37.6. The topological polar surface area (TPSA) is 135 Å². The van der Waals surface area contributed by atoms with E-state index in [1.54, 1.807) is 38.1 Å². The Labute approximate surface area is 189 Å². The van der Waals surface area contributed by atoms with Crippen LogP contribution in [0.2, 0.25) is 0 Å². The summed E-state index contributed by atoms with van der Waals surface area (Å²) in [7, 11) is -3.90. The van der Waals surface area contributed by atoms with Crippen LogP contribution >= 0.6 is 7.82 Å². The van der Waals surface area contributed by atoms with E-state index in [4.69, 9.17) is 23.0 Å². The Morgan fingerprint density at radius 3 is 2.79 bits per heavy atom. The summed E-state index contributed by atoms with van der Waals surface area (Å²) in [5.74, 6) is -0.502. The van der Waals surface area contributed by atoms with Crippen molar-refractivity contribution in [2.24, 2.45) is 0 Å². The van der Waals surface area contributed by atoms with Gasteiger partial charge in [0.25, 0.3) is 5.56 Å². The molecule has 0 amide bonds. The molecule has 1 unspecified atom stereocenters. The van der Waals surface area contributed by atoms with Gasteiger partial charge in [0.15, 0.2) is 0 Å². The number of benzene rings is 1. The number of aromatic nitrogens is 2. The van der Waals surface area contributed by atoms with Crippen molar-refractivity contribution in [3.63, 3.8) is 0 Å². The van der Waals surface area contributed by atoms with Crippen LogP contribution in [0.5, 0.6) is 0 Å². The molecule has 1 N–H and O–H groups in total. The van der Waals surface area contributed by atoms with Gasteiger partial charge >= 0.3 is 19.5 Å². The molecule has 1 aromatic heterocycles. The minimum Gasteiger partial charge on any atom is -0.459 e. The van der Waals surface area contributed by atoms with Gasteiger partial charge in [-0.05, 0) is 25.5 Å². The quantitative estimate of drug-likeness (QED) is 0.466. The lowest BCUT2D eigenvalue weighted by atomic mass is 10.1. The van der Waals surface area contributed by atoms with E-state index in [1.807, 2.05) is 0 Å². The third-order valence-electron chi connectivity index (χ3n) is 5.19. The number of ether oxygens (including phenoxy) is 2. The molecule has 2 aliphatic rings. The molecule has 0 saturated carbocycles. The number of phosphoric ester groups is 1. The average molecular weight is 480 g/mol. The largest absolute Gasteiger partial charge is 0.475 e. The molecule has 2 saturated heterocycles. The Bertz CT molecular complexity index is 1170. The molecule has 4 rings (SSSR count). The van der Waals surface area contributed by atoms with Crippen LogP contribution in [0.4, 0.5) is 0 Å². The van der Waals surface area contributed by atoms with E-state index < -0.39 is 43.4 Å². The zero-order valence-electron chi connectivity index (χ0n) is 18.2. The van der Waals surface area contributed by atoms with E-state index in [9.17, 15) is 18.9 Å². The third kappa shape index (κ3) is 5.69. The summed E-state index contributed by atoms with van der Waals surface area (Å²) in [6, 6.07) is 7.95. The molecule has 4 atom stereocenters. The van der Waals surface area contributed by atoms with Crippen molar-refractivity contribution < 1.29 is 32.4 Å². The lowest BCUT2D eigenvalue weighted by Gasteiger charge is -2.30. The predicted molar refractivity (Wildman–Crippen MR) is 115 cm³/mol. The Balaban J connectivity index is 1.37. The molecular weight excluding hydrogens is 455 g/mol. The maximum atomic E-state index is 13.0. The highest BCUT2D eigenvalue weighted by atomic mass is 31.2. The number of nitrogens with one attached hydrogen (secondary N) is 1. The number of hydrogen-bond donors (Lipinski definition) is 1. The lowest BCUT2D eigenvalue weighted by molar-refractivity contribution is -0.0611. The molecule has 33 heavy (non-hydrogen) atoms. The minimum atomic E-state index is -3.90. The van der Waals surface area contributed by atoms with Crippen molar-refractivity contribution >= 4 is 13.8 Å². The second-order valence-electron chi connectivity index (χ2n) is 8.07. The summed E-state index contributed by atoms with van der Waals surface area (Å²) in [6.07, 6.45) is 0.0603. The first kappa shape index (κ1) is 23.6. The highest BCUT2D eigenvalue weighted by Crippen LogP contribution is 2.56. The monoisotopic (exact) mass is 480 g/mol. The zero-order valence-corrected chi connectivity index (χ0v) is 19.1. The molecule has 178 valence electrons. The maximum absolute atomic E-state index is 13.0. The predicted octanol–water partition coefficient (Wildman–Crippen LogP) is 2.00. The van der Waals surface area contributed by atoms with Crippen LogP contribution in [0.3, 0.4) is 0 Å². The summed E-state index contributed by atoms with van der Waals surface area (Å²) in [6.45, 7) is 3.52. The number of aromatic amines is 1. The van der Waals surface area contributed by atoms with Gasteiger partial charge < -0.3 is 9.47 Å². The standard InChI is InChI=1S/C21H25N2O9P/c1-13(2)30-20(25)16-6-4-3-5-14(16)11-28-33(27)29-12-18-17(32-33)9-15(31-18)10-23-8-7-19(24)22-21(23)26/h3-8,13,15,17-18H,9-12H2,1-2H3,(H,22,24,26)/t15-,17+,18-,33?/m1/s1. The molecule has 12 heteroatoms. The number of fused-ring (bicyclic) bond motifs is 1. The fourth-order valence-electron chi connectivity index (χ4n) is 3.68. The molecule has 0 bridgehead atoms. The van der Waals surface area contributed by atoms with Crippen molar-refractivity contribution in [2.75, 3.05) is 6.61 Å². The number of esters is 1. The Hall–Kier alpha value is -2.56. The second-order valence-corrected chi connectivity index (χ2v) is 9.69. The number of phosphoric acid groups is 1. The summed E-state index contributed by atoms with van der Waals surface area (Å²) < 4.78 is 41.9. The summed E-state index contributed by atoms with van der Waals surface area (Å²) >= 11 is 0. The molecule has 11 nitrogen and oxygen atoms in total. The molecule has 0 spiro atoms. The summed E-state index contributed by atoms with van der Waals surface area (Å²) in [5, 5.41) is 0. The molecule has 2 aromatic rings. The molecule has 3 heterocycles. The van der Waals surface area contributed by atoms with Gasteiger partial charge in [-0.25, -0.2) is 14.2 Å². The second kappa shape index (κ2) is 9.74. The van der Waals surface area contributed by atoms with Gasteiger partial charge in [-0.2, -0.15) is 0 Å². The number of carbonyl (C=O) groups excluding carboxylic acids is 1. The highest BCUT2D eigenvalue weighted by molar-refractivity contribution is 7.48. The van der Waals surface area contributed by atoms with E-state index in [1.165, 1.54) is 16.8 Å². The number of nitrogens with zero attached hydrogens (tertiary/aromatic N) is 1. The van der Waals surface area contributed by atoms with Gasteiger partial charge in [0, 0.05) is 18.7 Å². The van der Waals surface area contributed by atoms with Gasteiger partial charge in [0.1, 0.15) is 12.2 Å². The van der Waals surface area contributed by atoms with Crippen molar-refractivity contribution in [2.45, 2.75) is 57.8 Å². The first-order valence-corrected chi connectivity index (χ1v) is 12.0. The van der Waals surface area contributed by atoms with Crippen LogP contribution in [0.25, 0.3) is 0 Å². The highest BCUT2D eigenvalue weighted by Gasteiger charge is 2.47. The van der Waals surface area contributed by atoms with Crippen molar-refractivity contribution in [1.29, 1.82) is 0 Å². The van der Waals surface area contributed by atoms with E-state index in [2.05, 4.69) is 4.98 Å². The van der Waals surface area contributed by atoms with E-state index in [-0.39, 0.29) is 25.9 Å². The van der Waals surface area contributed by atoms with Gasteiger partial charge in [0.2, 0.25) is 0 Å². The maximum Gasteiger partial charge on any atom is 0.475 e. The van der Waals surface area contributed by atoms with Crippen LogP contribution in [0, 0.1) is 0 Å². The van der Waals surface area contributed by atoms with Gasteiger partial charge in [-0.3, -0.25) is 27.9 Å². The average Bonchev–Trinajstić information content (AvgIpc) is 3.15. The molecule has 2 aliphatic heterocycles. The number of hydrogen-bond acceptors (Lipinski definition) is 9. The Morgan fingerprint density at radius 1 is 1.24 bits per heavy atom. The van der Waals surface area contributed by atoms with Gasteiger partial charge in [-0.15, -0.1) is 0 Å². The van der Waals surface area contributed by atoms with Crippen LogP contribution in [-0.2, 0) is 40.8 Å². The minimum absolute atomic E-state index is 0.00396. The van der Waals surface area contributed by atoms with Crippen molar-refractivity contribution in [3.8, 4) is 0 Å². The third-order valence-corrected chi connectivity index (χ3v) is 6.63. The fraction of sp³-hybridized carbons (Fsp3) is 0.476. The Kier molecular flexibility index (Phi) is 6.96. The van der Waals surface area contributed by atoms with Crippen LogP contribution in [-0.4, -0.2) is 46.5 Å². The van der Waals surface area contributed by atoms with E-state index in [0.717, 1.165) is 0 Å². The summed E-state index contributed by atoms with van der Waals surface area (Å²) in [5.41, 5.74) is -0.220. The molecule has 2 fully saturated rings. The van der Waals surface area contributed by atoms with Crippen molar-refractivity contribution in [1.82, 2.24) is 9.55 Å². The first-order chi connectivity index (χ1) is 15.7. The lowest BCUT2D eigenvalue weighted by Crippen LogP contribution is -2.33. The van der Waals surface area contributed by atoms with Gasteiger partial charge in [-0.1, -0.05) is 18.2 Å². The molecule has 0 radical (unpaired) electrons. The normalized spacial score (nSPS) is 26.8. The van der Waals surface area contributed by atoms with Crippen LogP contribution in [0.1, 0.15) is 36.2 Å². The SMILES string of the molecule is CC(C)OC(=O)c1ccccc1COP1(=O)OC[C@H]2O[C@@H](Cn3ccc(=O)[nH]c3=O)C[C@@H]2O1. The van der Waals surface area contributed by atoms with Crippen LogP contribution in [0.15, 0.2) is 46.1 Å². The van der Waals surface area contributed by atoms with Gasteiger partial charge in [0.05, 0.1) is 37.5 Å². The van der Waals surface area contributed by atoms with Crippen LogP contribution < -0.4 is 11.2 Å². The number of H-pyrrole nitrogens is 1. The number of carbonyl (C=O) groups is 1. The zero-order chi connectivity index (χ0) is 23.6. The fourth-order valence-corrected chi connectivity index (χ4v) is 5.06. The van der Waals surface area contributed by atoms with Crippen molar-refractivity contribution in [3.05, 3.63) is 68.5 Å². The molecular formula is C21H25N2O9P. The molecule has 0 aliphatic carbocycles. The molecule has 1 aromatic carbocycles. The van der Waals surface area contributed by atoms with E-state index >= 15 is 0 Å². The van der Waals surface area contributed by atoms with E-state index in [0.29, 0.717) is 17.5 Å². The Morgan fingerprint density at radius 2 is 2.03 bits per heavy atom.